The van der Waals surface area contributed by atoms with Gasteiger partial charge in [0.2, 0.25) is 0 Å². The lowest BCUT2D eigenvalue weighted by molar-refractivity contribution is -0.156. The SMILES string of the molecule is CCC(OCCOC)(C(=O)O)S(=O)(=O)Nc1nc(-c2ncccc2C)cc2cccnc12. The van der Waals surface area contributed by atoms with Crippen LogP contribution in [0.1, 0.15) is 18.9 Å². The molecule has 0 aromatic carbocycles. The van der Waals surface area contributed by atoms with Crippen LogP contribution in [0.3, 0.4) is 0 Å². The largest absolute Gasteiger partial charge is 0.478 e. The maximum absolute atomic E-state index is 13.3. The number of fused-ring (bicyclic) bond motifs is 1. The van der Waals surface area contributed by atoms with Gasteiger partial charge in [-0.15, -0.1) is 0 Å². The maximum Gasteiger partial charge on any atom is 0.354 e. The molecule has 3 heterocycles. The number of aliphatic carboxylic acids is 1. The van der Waals surface area contributed by atoms with Crippen LogP contribution in [0.4, 0.5) is 5.82 Å². The third kappa shape index (κ3) is 4.40. The van der Waals surface area contributed by atoms with Crippen LogP contribution in [0.2, 0.25) is 0 Å². The van der Waals surface area contributed by atoms with Gasteiger partial charge in [-0.1, -0.05) is 19.1 Å². The Morgan fingerprint density at radius 2 is 1.91 bits per heavy atom. The zero-order valence-electron chi connectivity index (χ0n) is 17.9. The third-order valence-corrected chi connectivity index (χ3v) is 6.83. The molecule has 3 aromatic rings. The lowest BCUT2D eigenvalue weighted by Crippen LogP contribution is -2.51. The van der Waals surface area contributed by atoms with Crippen LogP contribution in [0.15, 0.2) is 42.7 Å². The Kier molecular flexibility index (Phi) is 7.02. The van der Waals surface area contributed by atoms with E-state index in [-0.39, 0.29) is 31.0 Å². The number of anilines is 1. The normalized spacial score (nSPS) is 13.6. The van der Waals surface area contributed by atoms with Gasteiger partial charge in [-0.25, -0.2) is 18.2 Å². The first kappa shape index (κ1) is 23.5. The highest BCUT2D eigenvalue weighted by Gasteiger charge is 2.52. The maximum atomic E-state index is 13.3. The van der Waals surface area contributed by atoms with Crippen molar-refractivity contribution in [1.82, 2.24) is 15.0 Å². The molecule has 0 amide bonds. The first-order valence-corrected chi connectivity index (χ1v) is 11.3. The van der Waals surface area contributed by atoms with Crippen LogP contribution in [0.25, 0.3) is 22.3 Å². The van der Waals surface area contributed by atoms with Crippen molar-refractivity contribution < 1.29 is 27.8 Å². The van der Waals surface area contributed by atoms with Gasteiger partial charge >= 0.3 is 5.97 Å². The summed E-state index contributed by atoms with van der Waals surface area (Å²) in [5.41, 5.74) is 2.09. The fourth-order valence-corrected chi connectivity index (χ4v) is 4.64. The van der Waals surface area contributed by atoms with Gasteiger partial charge in [0.25, 0.3) is 15.0 Å². The molecule has 3 aromatic heterocycles. The summed E-state index contributed by atoms with van der Waals surface area (Å²) in [6.07, 6.45) is 2.76. The van der Waals surface area contributed by atoms with E-state index in [1.807, 2.05) is 13.0 Å². The lowest BCUT2D eigenvalue weighted by atomic mass is 10.1. The number of carboxylic acids is 1. The number of nitrogens with zero attached hydrogens (tertiary/aromatic N) is 3. The van der Waals surface area contributed by atoms with Gasteiger partial charge in [-0.2, -0.15) is 0 Å². The van der Waals surface area contributed by atoms with E-state index >= 15 is 0 Å². The second kappa shape index (κ2) is 9.55. The molecular formula is C21H24N4O6S. The first-order valence-electron chi connectivity index (χ1n) is 9.82. The van der Waals surface area contributed by atoms with Gasteiger partial charge in [-0.3, -0.25) is 14.7 Å². The molecule has 0 saturated heterocycles. The van der Waals surface area contributed by atoms with E-state index in [2.05, 4.69) is 19.7 Å². The second-order valence-electron chi connectivity index (χ2n) is 6.96. The molecule has 10 nitrogen and oxygen atoms in total. The number of ether oxygens (including phenoxy) is 2. The number of carbonyl (C=O) groups is 1. The van der Waals surface area contributed by atoms with E-state index in [4.69, 9.17) is 9.47 Å². The minimum atomic E-state index is -4.62. The van der Waals surface area contributed by atoms with Gasteiger partial charge in [0.05, 0.1) is 24.6 Å². The molecule has 32 heavy (non-hydrogen) atoms. The van der Waals surface area contributed by atoms with Crippen LogP contribution < -0.4 is 4.72 Å². The Labute approximate surface area is 185 Å². The summed E-state index contributed by atoms with van der Waals surface area (Å²) in [6, 6.07) is 8.84. The number of hydrogen-bond acceptors (Lipinski definition) is 8. The summed E-state index contributed by atoms with van der Waals surface area (Å²) in [5, 5.41) is 10.4. The van der Waals surface area contributed by atoms with Crippen LogP contribution >= 0.6 is 0 Å². The van der Waals surface area contributed by atoms with E-state index in [9.17, 15) is 18.3 Å². The number of methoxy groups -OCH3 is 1. The molecule has 0 fully saturated rings. The van der Waals surface area contributed by atoms with Crippen LogP contribution in [0.5, 0.6) is 0 Å². The number of sulfonamides is 1. The predicted molar refractivity (Wildman–Crippen MR) is 119 cm³/mol. The van der Waals surface area contributed by atoms with Gasteiger partial charge in [0, 0.05) is 31.3 Å². The second-order valence-corrected chi connectivity index (χ2v) is 8.83. The monoisotopic (exact) mass is 460 g/mol. The van der Waals surface area contributed by atoms with Crippen molar-refractivity contribution in [1.29, 1.82) is 0 Å². The topological polar surface area (TPSA) is 141 Å². The fourth-order valence-electron chi connectivity index (χ4n) is 3.23. The van der Waals surface area contributed by atoms with Crippen LogP contribution in [0, 0.1) is 6.92 Å². The van der Waals surface area contributed by atoms with E-state index in [1.54, 1.807) is 30.5 Å². The standard InChI is InChI=1S/C21H24N4O6S/c1-4-21(20(26)27,31-12-11-30-3)32(28,29)25-19-18-15(8-6-10-23-18)13-16(24-19)17-14(2)7-5-9-22-17/h5-10,13H,4,11-12H2,1-3H3,(H,24,25)(H,26,27). The summed E-state index contributed by atoms with van der Waals surface area (Å²) < 4.78 is 39.1. The fraction of sp³-hybridized carbons (Fsp3) is 0.333. The molecule has 0 aliphatic heterocycles. The molecular weight excluding hydrogens is 436 g/mol. The van der Waals surface area contributed by atoms with Crippen LogP contribution in [-0.2, 0) is 24.3 Å². The van der Waals surface area contributed by atoms with E-state index in [1.165, 1.54) is 20.2 Å². The lowest BCUT2D eigenvalue weighted by Gasteiger charge is -2.28. The molecule has 1 atom stereocenters. The summed E-state index contributed by atoms with van der Waals surface area (Å²) in [5.74, 6) is -1.75. The number of aryl methyl sites for hydroxylation is 1. The van der Waals surface area contributed by atoms with Gasteiger partial charge in [0.1, 0.15) is 5.52 Å². The molecule has 0 spiro atoms. The van der Waals surface area contributed by atoms with E-state index in [0.717, 1.165) is 5.56 Å². The van der Waals surface area contributed by atoms with E-state index in [0.29, 0.717) is 16.8 Å². The molecule has 0 aliphatic carbocycles. The molecule has 3 rings (SSSR count). The van der Waals surface area contributed by atoms with E-state index < -0.39 is 20.9 Å². The third-order valence-electron chi connectivity index (χ3n) is 4.92. The number of pyridine rings is 3. The molecule has 1 unspecified atom stereocenters. The van der Waals surface area contributed by atoms with Gasteiger partial charge < -0.3 is 14.6 Å². The molecule has 170 valence electrons. The highest BCUT2D eigenvalue weighted by atomic mass is 32.2. The number of hydrogen-bond donors (Lipinski definition) is 2. The smallest absolute Gasteiger partial charge is 0.354 e. The van der Waals surface area contributed by atoms with Crippen molar-refractivity contribution in [3.63, 3.8) is 0 Å². The summed E-state index contributed by atoms with van der Waals surface area (Å²) in [6.45, 7) is 3.08. The quantitative estimate of drug-likeness (QED) is 0.437. The summed E-state index contributed by atoms with van der Waals surface area (Å²) >= 11 is 0. The van der Waals surface area contributed by atoms with Crippen molar-refractivity contribution in [3.8, 4) is 11.4 Å². The Balaban J connectivity index is 2.14. The first-order chi connectivity index (χ1) is 15.3. The van der Waals surface area contributed by atoms with Crippen molar-refractivity contribution in [2.24, 2.45) is 0 Å². The van der Waals surface area contributed by atoms with Crippen LogP contribution in [-0.4, -0.2) is 59.7 Å². The minimum absolute atomic E-state index is 0.0295. The Bertz CT molecular complexity index is 1230. The van der Waals surface area contributed by atoms with Gasteiger partial charge in [0.15, 0.2) is 5.82 Å². The number of nitrogens with one attached hydrogen (secondary N) is 1. The molecule has 0 radical (unpaired) electrons. The highest BCUT2D eigenvalue weighted by Crippen LogP contribution is 2.31. The zero-order valence-corrected chi connectivity index (χ0v) is 18.7. The Hall–Kier alpha value is -3.15. The van der Waals surface area contributed by atoms with Crippen molar-refractivity contribution in [3.05, 3.63) is 48.3 Å². The average molecular weight is 461 g/mol. The Morgan fingerprint density at radius 3 is 2.56 bits per heavy atom. The molecule has 0 aliphatic rings. The van der Waals surface area contributed by atoms with Crippen molar-refractivity contribution in [2.75, 3.05) is 25.0 Å². The highest BCUT2D eigenvalue weighted by molar-refractivity contribution is 7.94. The number of carboxylic acid groups (broad SMARTS) is 1. The average Bonchev–Trinajstić information content (AvgIpc) is 2.76. The molecule has 2 N–H and O–H groups in total. The molecule has 0 bridgehead atoms. The number of aromatic nitrogens is 3. The van der Waals surface area contributed by atoms with Crippen molar-refractivity contribution in [2.45, 2.75) is 25.2 Å². The summed E-state index contributed by atoms with van der Waals surface area (Å²) in [4.78, 5) is 22.5. The van der Waals surface area contributed by atoms with Crippen molar-refractivity contribution >= 4 is 32.7 Å². The summed E-state index contributed by atoms with van der Waals surface area (Å²) in [7, 11) is -3.22. The minimum Gasteiger partial charge on any atom is -0.478 e. The molecule has 11 heteroatoms. The number of rotatable bonds is 10. The zero-order chi connectivity index (χ0) is 23.4. The predicted octanol–water partition coefficient (Wildman–Crippen LogP) is 2.60. The Morgan fingerprint density at radius 1 is 1.19 bits per heavy atom. The van der Waals surface area contributed by atoms with Gasteiger partial charge in [-0.05, 0) is 30.7 Å². The molecule has 0 saturated carbocycles.